The molecule has 1 atom stereocenters. The van der Waals surface area contributed by atoms with Gasteiger partial charge in [0.2, 0.25) is 0 Å². The van der Waals surface area contributed by atoms with Gasteiger partial charge >= 0.3 is 0 Å². The molecule has 2 amide bonds. The fourth-order valence-electron chi connectivity index (χ4n) is 3.83. The largest absolute Gasteiger partial charge is 0.352 e. The van der Waals surface area contributed by atoms with Gasteiger partial charge in [-0.05, 0) is 63.2 Å². The van der Waals surface area contributed by atoms with Gasteiger partial charge in [-0.1, -0.05) is 30.0 Å². The summed E-state index contributed by atoms with van der Waals surface area (Å²) in [5.74, 6) is -0.831. The third-order valence-corrected chi connectivity index (χ3v) is 6.66. The molecule has 0 bridgehead atoms. The zero-order valence-electron chi connectivity index (χ0n) is 16.8. The van der Waals surface area contributed by atoms with E-state index in [2.05, 4.69) is 22.6 Å². The van der Waals surface area contributed by atoms with Crippen molar-refractivity contribution in [3.63, 3.8) is 0 Å². The van der Waals surface area contributed by atoms with Crippen molar-refractivity contribution in [1.29, 1.82) is 0 Å². The van der Waals surface area contributed by atoms with Crippen LogP contribution in [0.25, 0.3) is 6.08 Å². The standard InChI is InChI=1S/C23H24FN3O2S/c1-27-12-4-6-17(27)10-11-25-22(28)16-8-9-20-19(13-16)26-23(29)21(30-20)14-15-5-2-3-7-18(15)24/h2-3,5,7-9,13-14,17H,4,6,10-12H2,1H3,(H,25,28)(H,26,29)/b21-14-. The first-order chi connectivity index (χ1) is 14.5. The summed E-state index contributed by atoms with van der Waals surface area (Å²) >= 11 is 1.27. The van der Waals surface area contributed by atoms with Crippen LogP contribution in [0.15, 0.2) is 52.3 Å². The summed E-state index contributed by atoms with van der Waals surface area (Å²) in [7, 11) is 2.12. The van der Waals surface area contributed by atoms with Crippen LogP contribution < -0.4 is 10.6 Å². The summed E-state index contributed by atoms with van der Waals surface area (Å²) in [6, 6.07) is 12.1. The molecule has 30 heavy (non-hydrogen) atoms. The third kappa shape index (κ3) is 4.57. The van der Waals surface area contributed by atoms with E-state index < -0.39 is 0 Å². The van der Waals surface area contributed by atoms with Crippen LogP contribution in [-0.2, 0) is 4.79 Å². The van der Waals surface area contributed by atoms with E-state index >= 15 is 0 Å². The third-order valence-electron chi connectivity index (χ3n) is 5.56. The molecular formula is C23H24FN3O2S. The molecule has 156 valence electrons. The van der Waals surface area contributed by atoms with Crippen molar-refractivity contribution in [2.75, 3.05) is 25.5 Å². The molecule has 2 N–H and O–H groups in total. The van der Waals surface area contributed by atoms with Crippen molar-refractivity contribution in [2.45, 2.75) is 30.2 Å². The second-order valence-electron chi connectivity index (χ2n) is 7.62. The first-order valence-corrected chi connectivity index (χ1v) is 10.9. The summed E-state index contributed by atoms with van der Waals surface area (Å²) in [6.45, 7) is 1.75. The van der Waals surface area contributed by atoms with E-state index in [4.69, 9.17) is 0 Å². The molecule has 0 aromatic heterocycles. The minimum absolute atomic E-state index is 0.148. The van der Waals surface area contributed by atoms with Crippen molar-refractivity contribution in [2.24, 2.45) is 0 Å². The second-order valence-corrected chi connectivity index (χ2v) is 8.70. The Labute approximate surface area is 179 Å². The molecule has 2 aliphatic rings. The molecule has 2 aromatic carbocycles. The van der Waals surface area contributed by atoms with Gasteiger partial charge in [0.15, 0.2) is 0 Å². The molecule has 4 rings (SSSR count). The molecule has 1 fully saturated rings. The Bertz CT molecular complexity index is 1010. The number of nitrogens with one attached hydrogen (secondary N) is 2. The summed E-state index contributed by atoms with van der Waals surface area (Å²) in [5, 5.41) is 5.79. The van der Waals surface area contributed by atoms with Gasteiger partial charge in [0.1, 0.15) is 5.82 Å². The lowest BCUT2D eigenvalue weighted by Gasteiger charge is -2.20. The predicted molar refractivity (Wildman–Crippen MR) is 118 cm³/mol. The average molecular weight is 426 g/mol. The van der Waals surface area contributed by atoms with E-state index in [-0.39, 0.29) is 17.6 Å². The number of fused-ring (bicyclic) bond motifs is 1. The Morgan fingerprint density at radius 3 is 2.93 bits per heavy atom. The fourth-order valence-corrected chi connectivity index (χ4v) is 4.76. The highest BCUT2D eigenvalue weighted by atomic mass is 32.2. The lowest BCUT2D eigenvalue weighted by atomic mass is 10.1. The summed E-state index contributed by atoms with van der Waals surface area (Å²) < 4.78 is 13.9. The highest BCUT2D eigenvalue weighted by Crippen LogP contribution is 2.39. The Balaban J connectivity index is 1.42. The Morgan fingerprint density at radius 2 is 2.17 bits per heavy atom. The smallest absolute Gasteiger partial charge is 0.262 e. The Hall–Kier alpha value is -2.64. The molecule has 0 spiro atoms. The number of carbonyl (C=O) groups excluding carboxylic acids is 2. The normalized spacial score (nSPS) is 20.1. The van der Waals surface area contributed by atoms with E-state index in [0.717, 1.165) is 17.9 Å². The molecule has 1 saturated heterocycles. The molecule has 2 aromatic rings. The van der Waals surface area contributed by atoms with Crippen LogP contribution in [0.1, 0.15) is 35.2 Å². The molecule has 0 radical (unpaired) electrons. The summed E-state index contributed by atoms with van der Waals surface area (Å²) in [4.78, 5) is 28.6. The minimum atomic E-state index is -0.375. The lowest BCUT2D eigenvalue weighted by Crippen LogP contribution is -2.31. The van der Waals surface area contributed by atoms with E-state index in [9.17, 15) is 14.0 Å². The maximum Gasteiger partial charge on any atom is 0.262 e. The SMILES string of the molecule is CN1CCCC1CCNC(=O)c1ccc2c(c1)NC(=O)/C(=C/c1ccccc1F)S2. The van der Waals surface area contributed by atoms with Gasteiger partial charge in [-0.25, -0.2) is 4.39 Å². The van der Waals surface area contributed by atoms with Crippen molar-refractivity contribution in [3.05, 3.63) is 64.3 Å². The van der Waals surface area contributed by atoms with Crippen LogP contribution in [0.3, 0.4) is 0 Å². The minimum Gasteiger partial charge on any atom is -0.352 e. The number of benzene rings is 2. The highest BCUT2D eigenvalue weighted by Gasteiger charge is 2.23. The zero-order chi connectivity index (χ0) is 21.1. The van der Waals surface area contributed by atoms with Gasteiger partial charge in [-0.2, -0.15) is 0 Å². The van der Waals surface area contributed by atoms with Crippen LogP contribution in [-0.4, -0.2) is 42.9 Å². The van der Waals surface area contributed by atoms with E-state index in [1.165, 1.54) is 30.7 Å². The predicted octanol–water partition coefficient (Wildman–Crippen LogP) is 4.13. The van der Waals surface area contributed by atoms with Crippen LogP contribution in [0, 0.1) is 5.82 Å². The maximum atomic E-state index is 13.9. The highest BCUT2D eigenvalue weighted by molar-refractivity contribution is 8.04. The van der Waals surface area contributed by atoms with Crippen LogP contribution in [0.4, 0.5) is 10.1 Å². The zero-order valence-corrected chi connectivity index (χ0v) is 17.6. The van der Waals surface area contributed by atoms with Gasteiger partial charge < -0.3 is 15.5 Å². The number of likely N-dealkylation sites (tertiary alicyclic amines) is 1. The quantitative estimate of drug-likeness (QED) is 0.708. The first-order valence-electron chi connectivity index (χ1n) is 10.1. The van der Waals surface area contributed by atoms with Crippen LogP contribution in [0.2, 0.25) is 0 Å². The molecule has 2 aliphatic heterocycles. The summed E-state index contributed by atoms with van der Waals surface area (Å²) in [6.07, 6.45) is 4.87. The number of nitrogens with zero attached hydrogens (tertiary/aromatic N) is 1. The molecule has 0 saturated carbocycles. The van der Waals surface area contributed by atoms with Gasteiger partial charge in [0.25, 0.3) is 11.8 Å². The van der Waals surface area contributed by atoms with E-state index in [1.54, 1.807) is 36.4 Å². The van der Waals surface area contributed by atoms with Crippen molar-refractivity contribution >= 4 is 35.3 Å². The number of hydrogen-bond donors (Lipinski definition) is 2. The van der Waals surface area contributed by atoms with Crippen molar-refractivity contribution in [1.82, 2.24) is 10.2 Å². The maximum absolute atomic E-state index is 13.9. The van der Waals surface area contributed by atoms with Crippen molar-refractivity contribution < 1.29 is 14.0 Å². The van der Waals surface area contributed by atoms with E-state index in [1.807, 2.05) is 6.07 Å². The first kappa shape index (κ1) is 20.6. The fraction of sp³-hybridized carbons (Fsp3) is 0.304. The number of rotatable bonds is 5. The van der Waals surface area contributed by atoms with Gasteiger partial charge in [-0.15, -0.1) is 0 Å². The number of halogens is 1. The number of anilines is 1. The monoisotopic (exact) mass is 425 g/mol. The number of thioether (sulfide) groups is 1. The molecule has 0 aliphatic carbocycles. The molecule has 1 unspecified atom stereocenters. The molecule has 7 heteroatoms. The van der Waals surface area contributed by atoms with Gasteiger partial charge in [0.05, 0.1) is 10.6 Å². The number of amides is 2. The molecular weight excluding hydrogens is 401 g/mol. The molecule has 2 heterocycles. The molecule has 5 nitrogen and oxygen atoms in total. The van der Waals surface area contributed by atoms with Gasteiger partial charge in [-0.3, -0.25) is 9.59 Å². The Morgan fingerprint density at radius 1 is 1.33 bits per heavy atom. The topological polar surface area (TPSA) is 61.4 Å². The van der Waals surface area contributed by atoms with E-state index in [0.29, 0.717) is 34.3 Å². The number of carbonyl (C=O) groups is 2. The average Bonchev–Trinajstić information content (AvgIpc) is 3.14. The summed E-state index contributed by atoms with van der Waals surface area (Å²) in [5.41, 5.74) is 1.47. The second kappa shape index (κ2) is 9.02. The van der Waals surface area contributed by atoms with Crippen LogP contribution in [0.5, 0.6) is 0 Å². The van der Waals surface area contributed by atoms with Crippen LogP contribution >= 0.6 is 11.8 Å². The lowest BCUT2D eigenvalue weighted by molar-refractivity contribution is -0.112. The number of hydrogen-bond acceptors (Lipinski definition) is 4. The Kier molecular flexibility index (Phi) is 6.20. The van der Waals surface area contributed by atoms with Crippen molar-refractivity contribution in [3.8, 4) is 0 Å². The van der Waals surface area contributed by atoms with Gasteiger partial charge in [0, 0.05) is 28.6 Å².